The van der Waals surface area contributed by atoms with Gasteiger partial charge in [-0.3, -0.25) is 4.79 Å². The second-order valence-electron chi connectivity index (χ2n) is 6.71. The lowest BCUT2D eigenvalue weighted by Crippen LogP contribution is -2.30. The first-order chi connectivity index (χ1) is 10.2. The van der Waals surface area contributed by atoms with E-state index in [-0.39, 0.29) is 5.91 Å². The minimum Gasteiger partial charge on any atom is -0.385 e. The SMILES string of the molecule is CCNc1ccc(Cl)cc1C(=O)NC1C2C3CCC(C3)C12. The number of nitrogens with one attached hydrogen (secondary N) is 2. The Hall–Kier alpha value is -1.22. The fraction of sp³-hybridized carbons (Fsp3) is 0.588. The topological polar surface area (TPSA) is 41.1 Å². The standard InChI is InChI=1S/C17H21ClN2O/c1-2-19-13-6-5-11(18)8-12(13)17(21)20-16-14-9-3-4-10(7-9)15(14)16/h5-6,8-10,14-16,19H,2-4,7H2,1H3,(H,20,21). The molecular formula is C17H21ClN2O. The Morgan fingerprint density at radius 2 is 2.00 bits per heavy atom. The van der Waals surface area contributed by atoms with Crippen molar-refractivity contribution >= 4 is 23.2 Å². The molecule has 0 aliphatic heterocycles. The van der Waals surface area contributed by atoms with Crippen LogP contribution in [-0.2, 0) is 0 Å². The third kappa shape index (κ3) is 2.13. The molecule has 1 aromatic rings. The Kier molecular flexibility index (Phi) is 3.14. The summed E-state index contributed by atoms with van der Waals surface area (Å²) < 4.78 is 0. The average molecular weight is 305 g/mol. The maximum Gasteiger partial charge on any atom is 0.253 e. The molecular weight excluding hydrogens is 284 g/mol. The number of fused-ring (bicyclic) bond motifs is 5. The van der Waals surface area contributed by atoms with Crippen molar-refractivity contribution in [3.05, 3.63) is 28.8 Å². The fourth-order valence-corrected chi connectivity index (χ4v) is 4.97. The van der Waals surface area contributed by atoms with Crippen molar-refractivity contribution in [3.8, 4) is 0 Å². The molecule has 0 saturated heterocycles. The summed E-state index contributed by atoms with van der Waals surface area (Å²) in [4.78, 5) is 12.6. The van der Waals surface area contributed by atoms with Gasteiger partial charge in [0.25, 0.3) is 5.91 Å². The summed E-state index contributed by atoms with van der Waals surface area (Å²) in [6.07, 6.45) is 4.15. The van der Waals surface area contributed by atoms with Crippen molar-refractivity contribution in [2.75, 3.05) is 11.9 Å². The Balaban J connectivity index is 1.50. The molecule has 1 aromatic carbocycles. The summed E-state index contributed by atoms with van der Waals surface area (Å²) in [6, 6.07) is 5.89. The number of carbonyl (C=O) groups excluding carboxylic acids is 1. The Morgan fingerprint density at radius 3 is 2.67 bits per heavy atom. The highest BCUT2D eigenvalue weighted by molar-refractivity contribution is 6.31. The first-order valence-electron chi connectivity index (χ1n) is 8.03. The Labute approximate surface area is 130 Å². The third-order valence-electron chi connectivity index (χ3n) is 5.63. The van der Waals surface area contributed by atoms with E-state index >= 15 is 0 Å². The predicted octanol–water partition coefficient (Wildman–Crippen LogP) is 3.55. The second-order valence-corrected chi connectivity index (χ2v) is 7.14. The number of halogens is 1. The van der Waals surface area contributed by atoms with Gasteiger partial charge in [-0.1, -0.05) is 11.6 Å². The van der Waals surface area contributed by atoms with Crippen LogP contribution in [0.1, 0.15) is 36.5 Å². The van der Waals surface area contributed by atoms with E-state index in [1.807, 2.05) is 19.1 Å². The van der Waals surface area contributed by atoms with E-state index in [1.54, 1.807) is 6.07 Å². The van der Waals surface area contributed by atoms with Gasteiger partial charge in [-0.2, -0.15) is 0 Å². The molecule has 4 atom stereocenters. The monoisotopic (exact) mass is 304 g/mol. The summed E-state index contributed by atoms with van der Waals surface area (Å²) >= 11 is 6.06. The highest BCUT2D eigenvalue weighted by atomic mass is 35.5. The van der Waals surface area contributed by atoms with Crippen LogP contribution in [0.25, 0.3) is 0 Å². The molecule has 3 nitrogen and oxygen atoms in total. The Morgan fingerprint density at radius 1 is 1.29 bits per heavy atom. The van der Waals surface area contributed by atoms with Gasteiger partial charge in [-0.15, -0.1) is 0 Å². The summed E-state index contributed by atoms with van der Waals surface area (Å²) in [5.74, 6) is 3.28. The van der Waals surface area contributed by atoms with Gasteiger partial charge < -0.3 is 10.6 Å². The van der Waals surface area contributed by atoms with E-state index in [4.69, 9.17) is 11.6 Å². The number of amides is 1. The molecule has 0 spiro atoms. The number of rotatable bonds is 4. The largest absolute Gasteiger partial charge is 0.385 e. The molecule has 3 saturated carbocycles. The molecule has 3 aliphatic carbocycles. The van der Waals surface area contributed by atoms with Gasteiger partial charge in [-0.05, 0) is 68.1 Å². The zero-order valence-corrected chi connectivity index (χ0v) is 13.0. The van der Waals surface area contributed by atoms with Gasteiger partial charge in [0.15, 0.2) is 0 Å². The minimum atomic E-state index is 0.0206. The molecule has 4 unspecified atom stereocenters. The molecule has 1 amide bonds. The van der Waals surface area contributed by atoms with Crippen LogP contribution in [0.3, 0.4) is 0 Å². The van der Waals surface area contributed by atoms with Gasteiger partial charge in [0.1, 0.15) is 0 Å². The molecule has 4 heteroatoms. The minimum absolute atomic E-state index is 0.0206. The molecule has 21 heavy (non-hydrogen) atoms. The van der Waals surface area contributed by atoms with E-state index in [0.717, 1.165) is 35.9 Å². The average Bonchev–Trinajstić information content (AvgIpc) is 2.86. The highest BCUT2D eigenvalue weighted by Crippen LogP contribution is 2.65. The molecule has 0 radical (unpaired) electrons. The second kappa shape index (κ2) is 4.91. The number of hydrogen-bond donors (Lipinski definition) is 2. The van der Waals surface area contributed by atoms with Crippen LogP contribution in [0.15, 0.2) is 18.2 Å². The van der Waals surface area contributed by atoms with Crippen molar-refractivity contribution in [2.45, 2.75) is 32.2 Å². The normalized spacial score (nSPS) is 35.4. The van der Waals surface area contributed by atoms with Crippen molar-refractivity contribution in [3.63, 3.8) is 0 Å². The van der Waals surface area contributed by atoms with Crippen LogP contribution in [0.4, 0.5) is 5.69 Å². The molecule has 0 heterocycles. The van der Waals surface area contributed by atoms with Crippen LogP contribution in [-0.4, -0.2) is 18.5 Å². The highest BCUT2D eigenvalue weighted by Gasteiger charge is 2.65. The Bertz CT molecular complexity index is 572. The third-order valence-corrected chi connectivity index (χ3v) is 5.86. The number of hydrogen-bond acceptors (Lipinski definition) is 2. The van der Waals surface area contributed by atoms with Crippen LogP contribution in [0.5, 0.6) is 0 Å². The van der Waals surface area contributed by atoms with Gasteiger partial charge >= 0.3 is 0 Å². The quantitative estimate of drug-likeness (QED) is 0.893. The number of anilines is 1. The zero-order valence-electron chi connectivity index (χ0n) is 12.2. The van der Waals surface area contributed by atoms with Gasteiger partial charge in [0.2, 0.25) is 0 Å². The molecule has 3 aliphatic rings. The van der Waals surface area contributed by atoms with Crippen molar-refractivity contribution < 1.29 is 4.79 Å². The fourth-order valence-electron chi connectivity index (χ4n) is 4.80. The number of carbonyl (C=O) groups is 1. The molecule has 4 rings (SSSR count). The first kappa shape index (κ1) is 13.4. The summed E-state index contributed by atoms with van der Waals surface area (Å²) in [7, 11) is 0. The maximum absolute atomic E-state index is 12.6. The lowest BCUT2D eigenvalue weighted by atomic mass is 10.0. The van der Waals surface area contributed by atoms with Gasteiger partial charge in [0.05, 0.1) is 5.56 Å². The van der Waals surface area contributed by atoms with Gasteiger partial charge in [-0.25, -0.2) is 0 Å². The maximum atomic E-state index is 12.6. The van der Waals surface area contributed by atoms with Crippen LogP contribution in [0.2, 0.25) is 5.02 Å². The first-order valence-corrected chi connectivity index (χ1v) is 8.41. The molecule has 3 fully saturated rings. The smallest absolute Gasteiger partial charge is 0.253 e. The van der Waals surface area contributed by atoms with Crippen LogP contribution in [0, 0.1) is 23.7 Å². The van der Waals surface area contributed by atoms with Crippen LogP contribution >= 0.6 is 11.6 Å². The van der Waals surface area contributed by atoms with Crippen molar-refractivity contribution in [1.82, 2.24) is 5.32 Å². The van der Waals surface area contributed by atoms with Crippen molar-refractivity contribution in [1.29, 1.82) is 0 Å². The van der Waals surface area contributed by atoms with Crippen LogP contribution < -0.4 is 10.6 Å². The number of benzene rings is 1. The zero-order chi connectivity index (χ0) is 14.6. The van der Waals surface area contributed by atoms with E-state index < -0.39 is 0 Å². The molecule has 112 valence electrons. The lowest BCUT2D eigenvalue weighted by molar-refractivity contribution is 0.0945. The molecule has 2 bridgehead atoms. The van der Waals surface area contributed by atoms with Crippen molar-refractivity contribution in [2.24, 2.45) is 23.7 Å². The van der Waals surface area contributed by atoms with E-state index in [1.165, 1.54) is 19.3 Å². The van der Waals surface area contributed by atoms with E-state index in [0.29, 0.717) is 16.6 Å². The summed E-state index contributed by atoms with van der Waals surface area (Å²) in [6.45, 7) is 2.82. The van der Waals surface area contributed by atoms with E-state index in [2.05, 4.69) is 10.6 Å². The summed E-state index contributed by atoms with van der Waals surface area (Å²) in [5, 5.41) is 7.11. The lowest BCUT2D eigenvalue weighted by Gasteiger charge is -2.14. The predicted molar refractivity (Wildman–Crippen MR) is 84.7 cm³/mol. The summed E-state index contributed by atoms with van der Waals surface area (Å²) in [5.41, 5.74) is 1.54. The van der Waals surface area contributed by atoms with E-state index in [9.17, 15) is 4.79 Å². The van der Waals surface area contributed by atoms with Gasteiger partial charge in [0, 0.05) is 23.3 Å². The molecule has 0 aromatic heterocycles. The molecule has 2 N–H and O–H groups in total.